The third-order valence-corrected chi connectivity index (χ3v) is 2.58. The smallest absolute Gasteiger partial charge is 0.405 e. The summed E-state index contributed by atoms with van der Waals surface area (Å²) >= 11 is 0. The molecule has 6 heteroatoms. The maximum atomic E-state index is 12.4. The van der Waals surface area contributed by atoms with Gasteiger partial charge in [-0.2, -0.15) is 0 Å². The van der Waals surface area contributed by atoms with E-state index in [1.807, 2.05) is 0 Å². The van der Waals surface area contributed by atoms with Gasteiger partial charge in [0.2, 0.25) is 5.91 Å². The molecule has 2 rings (SSSR count). The van der Waals surface area contributed by atoms with E-state index in [1.165, 1.54) is 12.1 Å². The second-order valence-corrected chi connectivity index (χ2v) is 3.99. The van der Waals surface area contributed by atoms with Crippen molar-refractivity contribution in [1.82, 2.24) is 0 Å². The molecule has 0 aliphatic carbocycles. The second-order valence-electron chi connectivity index (χ2n) is 3.99. The number of halogens is 3. The molecule has 0 spiro atoms. The van der Waals surface area contributed by atoms with Crippen molar-refractivity contribution in [3.8, 4) is 16.9 Å². The molecule has 0 bridgehead atoms. The first-order chi connectivity index (χ1) is 9.37. The Morgan fingerprint density at radius 3 is 2.25 bits per heavy atom. The van der Waals surface area contributed by atoms with E-state index in [4.69, 9.17) is 5.73 Å². The molecular weight excluding hydrogens is 271 g/mol. The lowest BCUT2D eigenvalue weighted by Gasteiger charge is -2.14. The molecule has 0 radical (unpaired) electrons. The topological polar surface area (TPSA) is 52.3 Å². The van der Waals surface area contributed by atoms with Crippen molar-refractivity contribution in [2.75, 3.05) is 0 Å². The van der Waals surface area contributed by atoms with Crippen molar-refractivity contribution >= 4 is 5.91 Å². The summed E-state index contributed by atoms with van der Waals surface area (Å²) in [5.41, 5.74) is 5.78. The van der Waals surface area contributed by atoms with Crippen LogP contribution in [0.3, 0.4) is 0 Å². The molecule has 0 atom stereocenters. The average Bonchev–Trinajstić information content (AvgIpc) is 2.37. The summed E-state index contributed by atoms with van der Waals surface area (Å²) in [4.78, 5) is 11.1. The van der Waals surface area contributed by atoms with Gasteiger partial charge in [0.1, 0.15) is 5.75 Å². The molecule has 0 heterocycles. The van der Waals surface area contributed by atoms with E-state index in [2.05, 4.69) is 4.74 Å². The van der Waals surface area contributed by atoms with Gasteiger partial charge in [0, 0.05) is 11.1 Å². The van der Waals surface area contributed by atoms with E-state index < -0.39 is 18.0 Å². The van der Waals surface area contributed by atoms with Crippen LogP contribution in [0.15, 0.2) is 48.5 Å². The number of alkyl halides is 3. The van der Waals surface area contributed by atoms with Crippen molar-refractivity contribution in [3.05, 3.63) is 54.1 Å². The first-order valence-corrected chi connectivity index (χ1v) is 5.62. The molecular formula is C14H10F3NO2. The third-order valence-electron chi connectivity index (χ3n) is 2.58. The Labute approximate surface area is 112 Å². The highest BCUT2D eigenvalue weighted by Crippen LogP contribution is 2.34. The summed E-state index contributed by atoms with van der Waals surface area (Å²) in [6.45, 7) is 0. The molecule has 0 saturated heterocycles. The number of ether oxygens (including phenoxy) is 1. The van der Waals surface area contributed by atoms with Gasteiger partial charge in [-0.05, 0) is 23.8 Å². The summed E-state index contributed by atoms with van der Waals surface area (Å²) in [5, 5.41) is 0. The lowest BCUT2D eigenvalue weighted by molar-refractivity contribution is -0.274. The first-order valence-electron chi connectivity index (χ1n) is 5.62. The number of carbonyl (C=O) groups is 1. The van der Waals surface area contributed by atoms with Crippen LogP contribution in [0.1, 0.15) is 10.4 Å². The zero-order valence-corrected chi connectivity index (χ0v) is 10.1. The van der Waals surface area contributed by atoms with Gasteiger partial charge in [0.05, 0.1) is 0 Å². The second kappa shape index (κ2) is 5.24. The highest BCUT2D eigenvalue weighted by Gasteiger charge is 2.32. The lowest BCUT2D eigenvalue weighted by Crippen LogP contribution is -2.18. The predicted molar refractivity (Wildman–Crippen MR) is 67.1 cm³/mol. The predicted octanol–water partition coefficient (Wildman–Crippen LogP) is 3.35. The normalized spacial score (nSPS) is 11.2. The first kappa shape index (κ1) is 13.9. The van der Waals surface area contributed by atoms with Gasteiger partial charge in [0.25, 0.3) is 0 Å². The van der Waals surface area contributed by atoms with Crippen LogP contribution in [0.4, 0.5) is 13.2 Å². The monoisotopic (exact) mass is 281 g/mol. The maximum absolute atomic E-state index is 12.4. The number of carbonyl (C=O) groups excluding carboxylic acids is 1. The SMILES string of the molecule is NC(=O)c1ccc(-c2ccccc2)c(OC(F)(F)F)c1. The van der Waals surface area contributed by atoms with Gasteiger partial charge < -0.3 is 10.5 Å². The van der Waals surface area contributed by atoms with Gasteiger partial charge in [0.15, 0.2) is 0 Å². The fourth-order valence-electron chi connectivity index (χ4n) is 1.74. The molecule has 1 amide bonds. The van der Waals surface area contributed by atoms with Crippen LogP contribution in [-0.4, -0.2) is 12.3 Å². The van der Waals surface area contributed by atoms with Crippen LogP contribution in [0.5, 0.6) is 5.75 Å². The summed E-state index contributed by atoms with van der Waals surface area (Å²) in [6.07, 6.45) is -4.85. The number of hydrogen-bond acceptors (Lipinski definition) is 2. The van der Waals surface area contributed by atoms with Gasteiger partial charge in [-0.3, -0.25) is 4.79 Å². The quantitative estimate of drug-likeness (QED) is 0.938. The zero-order chi connectivity index (χ0) is 14.8. The Bertz CT molecular complexity index is 624. The standard InChI is InChI=1S/C14H10F3NO2/c15-14(16,17)20-12-8-10(13(18)19)6-7-11(12)9-4-2-1-3-5-9/h1-8H,(H2,18,19). The molecule has 0 unspecified atom stereocenters. The van der Waals surface area contributed by atoms with Crippen molar-refractivity contribution in [2.24, 2.45) is 5.73 Å². The molecule has 0 aliphatic heterocycles. The molecule has 104 valence electrons. The minimum absolute atomic E-state index is 0.0519. The average molecular weight is 281 g/mol. The van der Waals surface area contributed by atoms with E-state index in [-0.39, 0.29) is 11.1 Å². The van der Waals surface area contributed by atoms with Crippen LogP contribution in [0, 0.1) is 0 Å². The van der Waals surface area contributed by atoms with E-state index in [0.717, 1.165) is 6.07 Å². The van der Waals surface area contributed by atoms with E-state index in [9.17, 15) is 18.0 Å². The zero-order valence-electron chi connectivity index (χ0n) is 10.1. The molecule has 2 N–H and O–H groups in total. The Morgan fingerprint density at radius 1 is 1.05 bits per heavy atom. The molecule has 0 aliphatic rings. The lowest BCUT2D eigenvalue weighted by atomic mass is 10.0. The van der Waals surface area contributed by atoms with E-state index in [0.29, 0.717) is 5.56 Å². The van der Waals surface area contributed by atoms with Crippen molar-refractivity contribution in [1.29, 1.82) is 0 Å². The number of hydrogen-bond donors (Lipinski definition) is 1. The third kappa shape index (κ3) is 3.28. The van der Waals surface area contributed by atoms with Crippen LogP contribution < -0.4 is 10.5 Å². The highest BCUT2D eigenvalue weighted by molar-refractivity contribution is 5.94. The van der Waals surface area contributed by atoms with Gasteiger partial charge in [-0.15, -0.1) is 13.2 Å². The minimum Gasteiger partial charge on any atom is -0.405 e. The number of primary amides is 1. The summed E-state index contributed by atoms with van der Waals surface area (Å²) in [5.74, 6) is -1.28. The van der Waals surface area contributed by atoms with E-state index >= 15 is 0 Å². The Balaban J connectivity index is 2.53. The summed E-state index contributed by atoms with van der Waals surface area (Å²) in [7, 11) is 0. The minimum atomic E-state index is -4.85. The Morgan fingerprint density at radius 2 is 1.70 bits per heavy atom. The highest BCUT2D eigenvalue weighted by atomic mass is 19.4. The molecule has 0 aromatic heterocycles. The van der Waals surface area contributed by atoms with Crippen LogP contribution in [0.2, 0.25) is 0 Å². The number of rotatable bonds is 3. The fraction of sp³-hybridized carbons (Fsp3) is 0.0714. The van der Waals surface area contributed by atoms with Crippen LogP contribution >= 0.6 is 0 Å². The molecule has 0 fully saturated rings. The molecule has 2 aromatic carbocycles. The largest absolute Gasteiger partial charge is 0.573 e. The molecule has 0 saturated carbocycles. The number of amides is 1. The summed E-state index contributed by atoms with van der Waals surface area (Å²) < 4.78 is 41.3. The molecule has 3 nitrogen and oxygen atoms in total. The Kier molecular flexibility index (Phi) is 3.65. The maximum Gasteiger partial charge on any atom is 0.573 e. The van der Waals surface area contributed by atoms with E-state index in [1.54, 1.807) is 30.3 Å². The fourth-order valence-corrected chi connectivity index (χ4v) is 1.74. The van der Waals surface area contributed by atoms with Crippen LogP contribution in [0.25, 0.3) is 11.1 Å². The molecule has 2 aromatic rings. The van der Waals surface area contributed by atoms with Crippen molar-refractivity contribution in [3.63, 3.8) is 0 Å². The summed E-state index contributed by atoms with van der Waals surface area (Å²) in [6, 6.07) is 12.1. The number of nitrogens with two attached hydrogens (primary N) is 1. The Hall–Kier alpha value is -2.50. The molecule has 20 heavy (non-hydrogen) atoms. The number of benzene rings is 2. The van der Waals surface area contributed by atoms with Gasteiger partial charge >= 0.3 is 6.36 Å². The van der Waals surface area contributed by atoms with Crippen molar-refractivity contribution in [2.45, 2.75) is 6.36 Å². The van der Waals surface area contributed by atoms with Crippen LogP contribution in [-0.2, 0) is 0 Å². The van der Waals surface area contributed by atoms with Gasteiger partial charge in [-0.25, -0.2) is 0 Å². The van der Waals surface area contributed by atoms with Crippen molar-refractivity contribution < 1.29 is 22.7 Å². The van der Waals surface area contributed by atoms with Gasteiger partial charge in [-0.1, -0.05) is 30.3 Å².